The molecular weight excluding hydrogens is 404 g/mol. The molecule has 0 saturated carbocycles. The van der Waals surface area contributed by atoms with Crippen LogP contribution >= 0.6 is 0 Å². The van der Waals surface area contributed by atoms with Crippen molar-refractivity contribution in [1.29, 1.82) is 0 Å². The normalized spacial score (nSPS) is 16.1. The average molecular weight is 429 g/mol. The zero-order chi connectivity index (χ0) is 21.3. The van der Waals surface area contributed by atoms with Gasteiger partial charge in [0.15, 0.2) is 5.58 Å². The van der Waals surface area contributed by atoms with Crippen molar-refractivity contribution in [3.05, 3.63) is 53.7 Å². The van der Waals surface area contributed by atoms with Gasteiger partial charge in [-0.3, -0.25) is 9.69 Å². The molecule has 0 aliphatic carbocycles. The summed E-state index contributed by atoms with van der Waals surface area (Å²) in [6, 6.07) is 12.7. The van der Waals surface area contributed by atoms with Crippen molar-refractivity contribution in [2.45, 2.75) is 25.3 Å². The molecule has 0 atom stereocenters. The fraction of sp³-hybridized carbons (Fsp3) is 0.333. The van der Waals surface area contributed by atoms with Crippen LogP contribution in [0.2, 0.25) is 0 Å². The van der Waals surface area contributed by atoms with Crippen LogP contribution in [0, 0.1) is 6.92 Å². The molecule has 1 amide bonds. The lowest BCUT2D eigenvalue weighted by Crippen LogP contribution is -2.48. The van der Waals surface area contributed by atoms with Crippen LogP contribution in [-0.4, -0.2) is 54.9 Å². The van der Waals surface area contributed by atoms with Gasteiger partial charge in [0, 0.05) is 45.0 Å². The minimum absolute atomic E-state index is 0.133. The summed E-state index contributed by atoms with van der Waals surface area (Å²) >= 11 is 0. The van der Waals surface area contributed by atoms with Crippen LogP contribution in [0.15, 0.2) is 51.9 Å². The van der Waals surface area contributed by atoms with Crippen LogP contribution in [-0.2, 0) is 21.4 Å². The summed E-state index contributed by atoms with van der Waals surface area (Å²) in [6.45, 7) is 5.70. The first-order valence-corrected chi connectivity index (χ1v) is 11.2. The second-order valence-electron chi connectivity index (χ2n) is 7.49. The number of fused-ring (bicyclic) bond motifs is 1. The number of carbonyl (C=O) groups is 1. The molecular formula is C21H24N4O4S. The lowest BCUT2D eigenvalue weighted by Gasteiger charge is -2.33. The van der Waals surface area contributed by atoms with Crippen LogP contribution in [0.1, 0.15) is 18.2 Å². The second kappa shape index (κ2) is 8.17. The molecule has 0 spiro atoms. The lowest BCUT2D eigenvalue weighted by molar-refractivity contribution is -0.114. The molecule has 1 aliphatic heterocycles. The molecule has 2 aromatic carbocycles. The van der Waals surface area contributed by atoms with E-state index in [-0.39, 0.29) is 10.8 Å². The summed E-state index contributed by atoms with van der Waals surface area (Å²) < 4.78 is 33.4. The number of piperazine rings is 1. The van der Waals surface area contributed by atoms with E-state index in [1.807, 2.05) is 31.2 Å². The van der Waals surface area contributed by atoms with E-state index in [4.69, 9.17) is 4.52 Å². The van der Waals surface area contributed by atoms with Crippen LogP contribution < -0.4 is 5.32 Å². The van der Waals surface area contributed by atoms with Gasteiger partial charge < -0.3 is 9.84 Å². The molecule has 1 aliphatic rings. The average Bonchev–Trinajstić information content (AvgIpc) is 3.12. The van der Waals surface area contributed by atoms with Crippen molar-refractivity contribution < 1.29 is 17.7 Å². The summed E-state index contributed by atoms with van der Waals surface area (Å²) in [6.07, 6.45) is 0. The first-order chi connectivity index (χ1) is 14.3. The molecule has 0 radical (unpaired) electrons. The van der Waals surface area contributed by atoms with Crippen LogP contribution in [0.5, 0.6) is 0 Å². The molecule has 8 nitrogen and oxygen atoms in total. The number of hydrogen-bond donors (Lipinski definition) is 1. The van der Waals surface area contributed by atoms with E-state index in [2.05, 4.69) is 15.4 Å². The summed E-state index contributed by atoms with van der Waals surface area (Å²) in [4.78, 5) is 13.8. The maximum atomic E-state index is 13.3. The van der Waals surface area contributed by atoms with Gasteiger partial charge in [0.25, 0.3) is 0 Å². The molecule has 1 fully saturated rings. The molecule has 1 aromatic heterocycles. The molecule has 9 heteroatoms. The number of nitrogens with one attached hydrogen (secondary N) is 1. The van der Waals surface area contributed by atoms with Crippen LogP contribution in [0.3, 0.4) is 0 Å². The number of sulfonamides is 1. The van der Waals surface area contributed by atoms with Crippen molar-refractivity contribution >= 4 is 32.6 Å². The third-order valence-electron chi connectivity index (χ3n) is 5.22. The second-order valence-corrected chi connectivity index (χ2v) is 9.39. The molecule has 1 saturated heterocycles. The van der Waals surface area contributed by atoms with Gasteiger partial charge in [-0.2, -0.15) is 4.31 Å². The van der Waals surface area contributed by atoms with E-state index in [0.29, 0.717) is 38.4 Å². The van der Waals surface area contributed by atoms with Gasteiger partial charge in [-0.25, -0.2) is 8.42 Å². The van der Waals surface area contributed by atoms with E-state index in [0.717, 1.165) is 22.2 Å². The zero-order valence-corrected chi connectivity index (χ0v) is 17.8. The van der Waals surface area contributed by atoms with Crippen molar-refractivity contribution in [2.75, 3.05) is 31.5 Å². The van der Waals surface area contributed by atoms with Crippen molar-refractivity contribution in [3.8, 4) is 0 Å². The van der Waals surface area contributed by atoms with Crippen LogP contribution in [0.4, 0.5) is 5.69 Å². The summed E-state index contributed by atoms with van der Waals surface area (Å²) in [5.41, 5.74) is 2.73. The Balaban J connectivity index is 1.48. The Labute approximate surface area is 175 Å². The maximum absolute atomic E-state index is 13.3. The maximum Gasteiger partial charge on any atom is 0.245 e. The number of anilines is 1. The Hall–Kier alpha value is -2.75. The number of hydrogen-bond acceptors (Lipinski definition) is 6. The standard InChI is InChI=1S/C21H24N4O4S/c1-15-7-8-18(22-16(2)26)21(13-15)30(27,28)25-11-9-24(10-12-25)14-19-17-5-3-4-6-20(17)29-23-19/h3-8,13H,9-12,14H2,1-2H3,(H,22,26). The number of benzene rings is 2. The number of aryl methyl sites for hydroxylation is 1. The first kappa shape index (κ1) is 20.5. The minimum Gasteiger partial charge on any atom is -0.356 e. The quantitative estimate of drug-likeness (QED) is 0.671. The summed E-state index contributed by atoms with van der Waals surface area (Å²) in [5.74, 6) is -0.306. The first-order valence-electron chi connectivity index (χ1n) is 9.78. The molecule has 2 heterocycles. The van der Waals surface area contributed by atoms with E-state index in [1.54, 1.807) is 18.2 Å². The monoisotopic (exact) mass is 428 g/mol. The number of rotatable bonds is 5. The third kappa shape index (κ3) is 4.09. The van der Waals surface area contributed by atoms with Gasteiger partial charge in [-0.1, -0.05) is 23.4 Å². The minimum atomic E-state index is -3.72. The third-order valence-corrected chi connectivity index (χ3v) is 7.16. The largest absolute Gasteiger partial charge is 0.356 e. The SMILES string of the molecule is CC(=O)Nc1ccc(C)cc1S(=O)(=O)N1CCN(Cc2noc3ccccc23)CC1. The van der Waals surface area contributed by atoms with Gasteiger partial charge in [0.05, 0.1) is 5.69 Å². The topological polar surface area (TPSA) is 95.8 Å². The Bertz CT molecular complexity index is 1180. The number of aromatic nitrogens is 1. The van der Waals surface area contributed by atoms with Gasteiger partial charge in [-0.15, -0.1) is 0 Å². The highest BCUT2D eigenvalue weighted by Gasteiger charge is 2.31. The van der Waals surface area contributed by atoms with Crippen LogP contribution in [0.25, 0.3) is 11.0 Å². The highest BCUT2D eigenvalue weighted by Crippen LogP contribution is 2.27. The Morgan fingerprint density at radius 3 is 2.60 bits per heavy atom. The predicted octanol–water partition coefficient (Wildman–Crippen LogP) is 2.60. The predicted molar refractivity (Wildman–Crippen MR) is 114 cm³/mol. The zero-order valence-electron chi connectivity index (χ0n) is 17.0. The van der Waals surface area contributed by atoms with E-state index < -0.39 is 10.0 Å². The molecule has 4 rings (SSSR count). The molecule has 0 bridgehead atoms. The summed E-state index contributed by atoms with van der Waals surface area (Å²) in [7, 11) is -3.72. The van der Waals surface area contributed by atoms with Gasteiger partial charge >= 0.3 is 0 Å². The highest BCUT2D eigenvalue weighted by atomic mass is 32.2. The number of amides is 1. The number of carbonyl (C=O) groups excluding carboxylic acids is 1. The smallest absolute Gasteiger partial charge is 0.245 e. The molecule has 0 unspecified atom stereocenters. The molecule has 3 aromatic rings. The number of nitrogens with zero attached hydrogens (tertiary/aromatic N) is 3. The summed E-state index contributed by atoms with van der Waals surface area (Å²) in [5, 5.41) is 7.77. The van der Waals surface area contributed by atoms with Gasteiger partial charge in [-0.05, 0) is 36.8 Å². The Morgan fingerprint density at radius 2 is 1.87 bits per heavy atom. The van der Waals surface area contributed by atoms with E-state index in [1.165, 1.54) is 11.2 Å². The van der Waals surface area contributed by atoms with Gasteiger partial charge in [0.1, 0.15) is 10.6 Å². The number of para-hydroxylation sites is 1. The lowest BCUT2D eigenvalue weighted by atomic mass is 10.2. The Kier molecular flexibility index (Phi) is 5.59. The molecule has 1 N–H and O–H groups in total. The highest BCUT2D eigenvalue weighted by molar-refractivity contribution is 7.89. The van der Waals surface area contributed by atoms with Crippen molar-refractivity contribution in [1.82, 2.24) is 14.4 Å². The molecule has 158 valence electrons. The fourth-order valence-corrected chi connectivity index (χ4v) is 5.32. The van der Waals surface area contributed by atoms with Gasteiger partial charge in [0.2, 0.25) is 15.9 Å². The van der Waals surface area contributed by atoms with Crippen molar-refractivity contribution in [2.24, 2.45) is 0 Å². The fourth-order valence-electron chi connectivity index (χ4n) is 3.67. The molecule has 30 heavy (non-hydrogen) atoms. The van der Waals surface area contributed by atoms with E-state index >= 15 is 0 Å². The Morgan fingerprint density at radius 1 is 1.13 bits per heavy atom. The van der Waals surface area contributed by atoms with Crippen molar-refractivity contribution in [3.63, 3.8) is 0 Å². The van der Waals surface area contributed by atoms with E-state index in [9.17, 15) is 13.2 Å².